The van der Waals surface area contributed by atoms with Gasteiger partial charge in [-0.15, -0.1) is 0 Å². The number of methoxy groups -OCH3 is 2. The van der Waals surface area contributed by atoms with Crippen molar-refractivity contribution in [2.45, 2.75) is 42.6 Å². The van der Waals surface area contributed by atoms with Crippen molar-refractivity contribution in [1.82, 2.24) is 9.47 Å². The molecule has 0 spiro atoms. The number of rotatable bonds is 11. The van der Waals surface area contributed by atoms with Gasteiger partial charge in [-0.25, -0.2) is 13.6 Å². The Bertz CT molecular complexity index is 1570. The summed E-state index contributed by atoms with van der Waals surface area (Å²) in [4.78, 5) is 2.06. The Morgan fingerprint density at radius 2 is 1.88 bits per heavy atom. The van der Waals surface area contributed by atoms with Crippen LogP contribution >= 0.6 is 0 Å². The van der Waals surface area contributed by atoms with Gasteiger partial charge in [0.2, 0.25) is 10.0 Å². The predicted octanol–water partition coefficient (Wildman–Crippen LogP) is 3.21. The van der Waals surface area contributed by atoms with E-state index < -0.39 is 28.8 Å². The minimum Gasteiger partial charge on any atom is -0.495 e. The lowest BCUT2D eigenvalue weighted by Gasteiger charge is -2.34. The second-order valence-corrected chi connectivity index (χ2v) is 11.9. The largest absolute Gasteiger partial charge is 0.495 e. The number of β-amino-alcohol motifs (C(OH)–C–C–N with tert-alkyl or cyclic N) is 1. The minimum atomic E-state index is -4.46. The third-order valence-corrected chi connectivity index (χ3v) is 8.05. The topological polar surface area (TPSA) is 131 Å². The summed E-state index contributed by atoms with van der Waals surface area (Å²) in [6.45, 7) is 1.23. The first-order valence-corrected chi connectivity index (χ1v) is 15.2. The molecule has 1 saturated heterocycles. The number of aliphatic hydroxyl groups is 1. The van der Waals surface area contributed by atoms with Crippen molar-refractivity contribution in [2.75, 3.05) is 57.6 Å². The van der Waals surface area contributed by atoms with Gasteiger partial charge in [-0.2, -0.15) is 13.2 Å². The molecule has 1 aliphatic heterocycles. The van der Waals surface area contributed by atoms with Gasteiger partial charge in [0.25, 0.3) is 0 Å². The van der Waals surface area contributed by atoms with Crippen LogP contribution in [0.25, 0.3) is 10.9 Å². The van der Waals surface area contributed by atoms with E-state index in [9.17, 15) is 26.7 Å². The number of likely N-dealkylation sites (tertiary alicyclic amines) is 1. The number of piperidine rings is 1. The maximum absolute atomic E-state index is 13.6. The fraction of sp³-hybridized carbons (Fsp3) is 0.448. The van der Waals surface area contributed by atoms with Gasteiger partial charge in [0.05, 0.1) is 48.2 Å². The van der Waals surface area contributed by atoms with Crippen LogP contribution in [-0.2, 0) is 21.3 Å². The zero-order chi connectivity index (χ0) is 31.2. The summed E-state index contributed by atoms with van der Waals surface area (Å²) in [5, 5.41) is 22.3. The lowest BCUT2D eigenvalue weighted by Crippen LogP contribution is -2.43. The number of alkyl halides is 3. The monoisotopic (exact) mass is 623 g/mol. The second-order valence-electron chi connectivity index (χ2n) is 10.4. The average molecular weight is 624 g/mol. The molecular weight excluding hydrogens is 587 g/mol. The Kier molecular flexibility index (Phi) is 10.5. The Labute approximate surface area is 249 Å². The molecule has 0 amide bonds. The highest BCUT2D eigenvalue weighted by atomic mass is 32.2. The van der Waals surface area contributed by atoms with Crippen LogP contribution in [0.4, 0.5) is 24.5 Å². The molecule has 43 heavy (non-hydrogen) atoms. The van der Waals surface area contributed by atoms with Gasteiger partial charge >= 0.3 is 6.18 Å². The smallest absolute Gasteiger partial charge is 0.406 e. The summed E-state index contributed by atoms with van der Waals surface area (Å²) in [5.41, 5.74) is 1.81. The maximum Gasteiger partial charge on any atom is 0.406 e. The fourth-order valence-corrected chi connectivity index (χ4v) is 5.68. The van der Waals surface area contributed by atoms with Crippen LogP contribution in [0.15, 0.2) is 47.4 Å². The van der Waals surface area contributed by atoms with Crippen molar-refractivity contribution in [3.63, 3.8) is 0 Å². The number of hydrogen-bond donors (Lipinski definition) is 4. The Morgan fingerprint density at radius 1 is 1.14 bits per heavy atom. The van der Waals surface area contributed by atoms with Crippen LogP contribution in [-0.4, -0.2) is 88.3 Å². The van der Waals surface area contributed by atoms with Crippen molar-refractivity contribution in [3.8, 4) is 17.6 Å². The highest BCUT2D eigenvalue weighted by molar-refractivity contribution is 7.89. The lowest BCUT2D eigenvalue weighted by molar-refractivity contribution is -0.140. The number of hydrogen-bond acceptors (Lipinski definition) is 8. The molecule has 2 aromatic carbocycles. The summed E-state index contributed by atoms with van der Waals surface area (Å²) in [7, 11) is -0.998. The molecule has 1 atom stereocenters. The number of sulfonamides is 1. The number of ether oxygens (including phenoxy) is 2. The van der Waals surface area contributed by atoms with Crippen molar-refractivity contribution in [1.29, 1.82) is 0 Å². The highest BCUT2D eigenvalue weighted by Crippen LogP contribution is 2.31. The first-order valence-electron chi connectivity index (χ1n) is 13.7. The van der Waals surface area contributed by atoms with Crippen molar-refractivity contribution in [2.24, 2.45) is 5.14 Å². The molecule has 0 aliphatic carbocycles. The molecule has 10 nitrogen and oxygen atoms in total. The van der Waals surface area contributed by atoms with E-state index >= 15 is 0 Å². The predicted molar refractivity (Wildman–Crippen MR) is 159 cm³/mol. The quantitative estimate of drug-likeness (QED) is 0.240. The molecule has 1 unspecified atom stereocenters. The summed E-state index contributed by atoms with van der Waals surface area (Å²) in [6, 6.07) is 11.1. The second kappa shape index (κ2) is 13.9. The molecule has 2 heterocycles. The van der Waals surface area contributed by atoms with Gasteiger partial charge in [-0.1, -0.05) is 12.0 Å². The Balaban J connectivity index is 1.51. The Hall–Kier alpha value is -3.48. The number of nitrogens with one attached hydrogen (secondary N) is 2. The number of halogens is 3. The van der Waals surface area contributed by atoms with E-state index in [4.69, 9.17) is 14.6 Å². The van der Waals surface area contributed by atoms with Crippen LogP contribution in [0, 0.1) is 11.8 Å². The number of aliphatic hydroxyl groups excluding tert-OH is 1. The molecule has 1 aromatic heterocycles. The molecule has 0 saturated carbocycles. The molecule has 3 aromatic rings. The lowest BCUT2D eigenvalue weighted by atomic mass is 10.0. The fourth-order valence-electron chi connectivity index (χ4n) is 5.16. The number of nitrogens with two attached hydrogens (primary N) is 1. The normalized spacial score (nSPS) is 15.6. The summed E-state index contributed by atoms with van der Waals surface area (Å²) in [5.74, 6) is 5.95. The number of nitrogens with zero attached hydrogens (tertiary/aromatic N) is 2. The third kappa shape index (κ3) is 8.77. The highest BCUT2D eigenvalue weighted by Gasteiger charge is 2.30. The van der Waals surface area contributed by atoms with Crippen LogP contribution in [0.5, 0.6) is 5.75 Å². The summed E-state index contributed by atoms with van der Waals surface area (Å²) in [6.07, 6.45) is -3.37. The van der Waals surface area contributed by atoms with Crippen molar-refractivity contribution in [3.05, 3.63) is 48.2 Å². The number of benzene rings is 2. The standard InChI is InChI=1S/C29H36F3N5O5S/c1-41-18-22(38)17-36-13-10-20(11-14-36)35-25-6-3-7-27-24(25)15-21(37(27)19-29(30,31)32)5-4-12-34-26-9-8-23(43(33,39)40)16-28(26)42-2/h3,6-9,15-16,20,22,34-35,38H,10-14,17-19H2,1-2H3,(H2,33,39,40). The van der Waals surface area contributed by atoms with Gasteiger partial charge < -0.3 is 34.7 Å². The Morgan fingerprint density at radius 3 is 2.53 bits per heavy atom. The van der Waals surface area contributed by atoms with Crippen LogP contribution in [0.2, 0.25) is 0 Å². The summed E-state index contributed by atoms with van der Waals surface area (Å²) < 4.78 is 75.4. The number of fused-ring (bicyclic) bond motifs is 1. The van der Waals surface area contributed by atoms with Gasteiger partial charge in [-0.05, 0) is 49.1 Å². The van der Waals surface area contributed by atoms with Crippen molar-refractivity contribution < 1.29 is 36.2 Å². The number of anilines is 2. The minimum absolute atomic E-state index is 0.0569. The molecular formula is C29H36F3N5O5S. The molecule has 0 bridgehead atoms. The first kappa shape index (κ1) is 32.4. The van der Waals surface area contributed by atoms with Crippen LogP contribution in [0.1, 0.15) is 18.5 Å². The van der Waals surface area contributed by atoms with Crippen LogP contribution in [0.3, 0.4) is 0 Å². The molecule has 14 heteroatoms. The first-order chi connectivity index (χ1) is 20.4. The van der Waals surface area contributed by atoms with E-state index in [0.717, 1.165) is 36.2 Å². The van der Waals surface area contributed by atoms with E-state index in [1.165, 1.54) is 25.3 Å². The molecule has 4 rings (SSSR count). The third-order valence-electron chi connectivity index (χ3n) is 7.14. The molecule has 5 N–H and O–H groups in total. The zero-order valence-electron chi connectivity index (χ0n) is 23.9. The van der Waals surface area contributed by atoms with Gasteiger partial charge in [-0.3, -0.25) is 0 Å². The maximum atomic E-state index is 13.6. The van der Waals surface area contributed by atoms with E-state index in [2.05, 4.69) is 27.4 Å². The molecule has 0 radical (unpaired) electrons. The van der Waals surface area contributed by atoms with E-state index in [0.29, 0.717) is 23.1 Å². The summed E-state index contributed by atoms with van der Waals surface area (Å²) >= 11 is 0. The van der Waals surface area contributed by atoms with E-state index in [-0.39, 0.29) is 35.5 Å². The average Bonchev–Trinajstić information content (AvgIpc) is 3.28. The SMILES string of the molecule is COCC(O)CN1CCC(Nc2cccc3c2cc(C#CCNc2ccc(S(N)(=O)=O)cc2OC)n3CC(F)(F)F)CC1. The number of aromatic nitrogens is 1. The van der Waals surface area contributed by atoms with Gasteiger partial charge in [0, 0.05) is 49.9 Å². The van der Waals surface area contributed by atoms with Gasteiger partial charge in [0.15, 0.2) is 0 Å². The molecule has 1 fully saturated rings. The zero-order valence-corrected chi connectivity index (χ0v) is 24.8. The number of primary sulfonamides is 1. The van der Waals surface area contributed by atoms with E-state index in [1.54, 1.807) is 25.3 Å². The van der Waals surface area contributed by atoms with Crippen molar-refractivity contribution >= 4 is 32.3 Å². The molecule has 1 aliphatic rings. The van der Waals surface area contributed by atoms with Crippen LogP contribution < -0.4 is 20.5 Å². The van der Waals surface area contributed by atoms with E-state index in [1.807, 2.05) is 6.07 Å². The molecule has 234 valence electrons. The van der Waals surface area contributed by atoms with Gasteiger partial charge in [0.1, 0.15) is 12.3 Å².